The maximum Gasteiger partial charge on any atom is 0.407 e. The zero-order valence-electron chi connectivity index (χ0n) is 19.1. The monoisotopic (exact) mass is 438 g/mol. The predicted molar refractivity (Wildman–Crippen MR) is 122 cm³/mol. The first-order valence-electron chi connectivity index (χ1n) is 11.0. The van der Waals surface area contributed by atoms with Crippen molar-refractivity contribution in [3.05, 3.63) is 58.0 Å². The largest absolute Gasteiger partial charge is 0.445 e. The zero-order chi connectivity index (χ0) is 22.8. The average molecular weight is 439 g/mol. The van der Waals surface area contributed by atoms with Crippen molar-refractivity contribution in [3.63, 3.8) is 0 Å². The first-order valence-corrected chi connectivity index (χ1v) is 11.0. The summed E-state index contributed by atoms with van der Waals surface area (Å²) in [5.41, 5.74) is 7.71. The van der Waals surface area contributed by atoms with Gasteiger partial charge in [0.2, 0.25) is 0 Å². The van der Waals surface area contributed by atoms with E-state index in [0.717, 1.165) is 35.5 Å². The van der Waals surface area contributed by atoms with Crippen LogP contribution in [-0.4, -0.2) is 34.4 Å². The number of carbonyl (C=O) groups is 2. The van der Waals surface area contributed by atoms with Gasteiger partial charge in [-0.25, -0.2) is 9.59 Å². The Labute approximate surface area is 187 Å². The van der Waals surface area contributed by atoms with Crippen LogP contribution in [-0.2, 0) is 42.7 Å². The van der Waals surface area contributed by atoms with E-state index in [1.165, 1.54) is 22.2 Å². The lowest BCUT2D eigenvalue weighted by Gasteiger charge is -2.21. The van der Waals surface area contributed by atoms with Gasteiger partial charge in [-0.3, -0.25) is 0 Å². The standard InChI is InChI=1S/C24H30N4O4/c1-5-25-23(29)31-13-18-15(3)28-12-22-17(16-9-7-8-10-20(16)27(22)4)11-21(28)19(18)14-32-24(30)26-6-2/h7-10H,5-6,11-14H2,1-4H3,(H,25,29)(H,26,30). The number of aromatic nitrogens is 2. The molecule has 1 aromatic carbocycles. The molecule has 4 rings (SSSR count). The highest BCUT2D eigenvalue weighted by molar-refractivity contribution is 5.86. The molecule has 3 heterocycles. The smallest absolute Gasteiger partial charge is 0.407 e. The van der Waals surface area contributed by atoms with Crippen molar-refractivity contribution in [1.29, 1.82) is 0 Å². The van der Waals surface area contributed by atoms with Crippen LogP contribution in [0.25, 0.3) is 10.9 Å². The Morgan fingerprint density at radius 2 is 1.59 bits per heavy atom. The molecule has 0 spiro atoms. The Hall–Kier alpha value is -3.42. The molecule has 8 heteroatoms. The molecule has 0 saturated heterocycles. The minimum atomic E-state index is -0.457. The van der Waals surface area contributed by atoms with Crippen LogP contribution in [0.4, 0.5) is 9.59 Å². The molecule has 0 atom stereocenters. The first kappa shape index (κ1) is 21.8. The fourth-order valence-electron chi connectivity index (χ4n) is 4.61. The van der Waals surface area contributed by atoms with E-state index in [-0.39, 0.29) is 13.2 Å². The van der Waals surface area contributed by atoms with Crippen molar-refractivity contribution >= 4 is 23.1 Å². The van der Waals surface area contributed by atoms with Gasteiger partial charge in [0.25, 0.3) is 0 Å². The minimum absolute atomic E-state index is 0.128. The molecule has 3 aromatic rings. The third-order valence-corrected chi connectivity index (χ3v) is 6.21. The maximum atomic E-state index is 12.0. The van der Waals surface area contributed by atoms with E-state index in [4.69, 9.17) is 9.47 Å². The molecule has 0 unspecified atom stereocenters. The van der Waals surface area contributed by atoms with Crippen LogP contribution in [0.5, 0.6) is 0 Å². The molecule has 0 radical (unpaired) electrons. The Kier molecular flexibility index (Phi) is 6.12. The lowest BCUT2D eigenvalue weighted by atomic mass is 9.99. The molecular weight excluding hydrogens is 408 g/mol. The quantitative estimate of drug-likeness (QED) is 0.480. The molecule has 2 aromatic heterocycles. The molecule has 1 aliphatic rings. The Morgan fingerprint density at radius 3 is 2.25 bits per heavy atom. The molecule has 0 aliphatic carbocycles. The van der Waals surface area contributed by atoms with E-state index in [9.17, 15) is 9.59 Å². The highest BCUT2D eigenvalue weighted by Gasteiger charge is 2.29. The lowest BCUT2D eigenvalue weighted by molar-refractivity contribution is 0.132. The molecule has 8 nitrogen and oxygen atoms in total. The molecule has 0 fully saturated rings. The molecule has 1 aliphatic heterocycles. The van der Waals surface area contributed by atoms with Crippen molar-refractivity contribution in [2.45, 2.75) is 47.0 Å². The summed E-state index contributed by atoms with van der Waals surface area (Å²) in [7, 11) is 2.10. The number of fused-ring (bicyclic) bond motifs is 4. The summed E-state index contributed by atoms with van der Waals surface area (Å²) in [6, 6.07) is 8.41. The van der Waals surface area contributed by atoms with Crippen molar-refractivity contribution in [3.8, 4) is 0 Å². The van der Waals surface area contributed by atoms with E-state index in [0.29, 0.717) is 13.1 Å². The Balaban J connectivity index is 1.72. The summed E-state index contributed by atoms with van der Waals surface area (Å²) in [4.78, 5) is 23.9. The number of para-hydroxylation sites is 1. The number of carbonyl (C=O) groups excluding carboxylic acids is 2. The van der Waals surface area contributed by atoms with Gasteiger partial charge in [0.05, 0.1) is 6.54 Å². The number of benzene rings is 1. The van der Waals surface area contributed by atoms with E-state index in [1.54, 1.807) is 0 Å². The van der Waals surface area contributed by atoms with Gasteiger partial charge in [-0.1, -0.05) is 18.2 Å². The number of nitrogens with zero attached hydrogens (tertiary/aromatic N) is 2. The second-order valence-electron chi connectivity index (χ2n) is 7.97. The molecule has 0 bridgehead atoms. The summed E-state index contributed by atoms with van der Waals surface area (Å²) >= 11 is 0. The lowest BCUT2D eigenvalue weighted by Crippen LogP contribution is -2.24. The fourth-order valence-corrected chi connectivity index (χ4v) is 4.61. The highest BCUT2D eigenvalue weighted by atomic mass is 16.6. The Morgan fingerprint density at radius 1 is 0.969 bits per heavy atom. The minimum Gasteiger partial charge on any atom is -0.445 e. The molecule has 170 valence electrons. The van der Waals surface area contributed by atoms with Crippen LogP contribution < -0.4 is 10.6 Å². The SMILES string of the molecule is CCNC(=O)OCc1c(COC(=O)NCC)c2n(c1C)Cc1c(c3ccccc3n1C)C2. The summed E-state index contributed by atoms with van der Waals surface area (Å²) in [5, 5.41) is 6.56. The number of rotatable bonds is 6. The van der Waals surface area contributed by atoms with Gasteiger partial charge in [0, 0.05) is 65.7 Å². The second kappa shape index (κ2) is 8.98. The summed E-state index contributed by atoms with van der Waals surface area (Å²) in [6.07, 6.45) is -0.185. The van der Waals surface area contributed by atoms with Crippen LogP contribution in [0.1, 0.15) is 47.6 Å². The molecular formula is C24H30N4O4. The van der Waals surface area contributed by atoms with Gasteiger partial charge in [-0.05, 0) is 32.4 Å². The fraction of sp³-hybridized carbons (Fsp3) is 0.417. The van der Waals surface area contributed by atoms with Crippen LogP contribution >= 0.6 is 0 Å². The summed E-state index contributed by atoms with van der Waals surface area (Å²) < 4.78 is 15.5. The summed E-state index contributed by atoms with van der Waals surface area (Å²) in [6.45, 7) is 7.69. The predicted octanol–water partition coefficient (Wildman–Crippen LogP) is 3.73. The van der Waals surface area contributed by atoms with E-state index in [2.05, 4.69) is 51.1 Å². The van der Waals surface area contributed by atoms with Gasteiger partial charge >= 0.3 is 12.2 Å². The normalized spacial score (nSPS) is 12.2. The number of aryl methyl sites for hydroxylation is 1. The van der Waals surface area contributed by atoms with E-state index < -0.39 is 12.2 Å². The van der Waals surface area contributed by atoms with E-state index >= 15 is 0 Å². The van der Waals surface area contributed by atoms with Gasteiger partial charge in [-0.2, -0.15) is 0 Å². The van der Waals surface area contributed by atoms with Crippen molar-refractivity contribution in [2.24, 2.45) is 7.05 Å². The van der Waals surface area contributed by atoms with Gasteiger partial charge < -0.3 is 29.2 Å². The van der Waals surface area contributed by atoms with Gasteiger partial charge in [0.15, 0.2) is 0 Å². The molecule has 32 heavy (non-hydrogen) atoms. The van der Waals surface area contributed by atoms with Crippen molar-refractivity contribution in [1.82, 2.24) is 19.8 Å². The molecule has 2 amide bonds. The van der Waals surface area contributed by atoms with Crippen molar-refractivity contribution in [2.75, 3.05) is 13.1 Å². The third kappa shape index (κ3) is 3.81. The van der Waals surface area contributed by atoms with Crippen molar-refractivity contribution < 1.29 is 19.1 Å². The van der Waals surface area contributed by atoms with Crippen LogP contribution in [0.15, 0.2) is 24.3 Å². The van der Waals surface area contributed by atoms with Crippen LogP contribution in [0, 0.1) is 6.92 Å². The van der Waals surface area contributed by atoms with E-state index in [1.807, 2.05) is 20.8 Å². The second-order valence-corrected chi connectivity index (χ2v) is 7.97. The zero-order valence-corrected chi connectivity index (χ0v) is 19.1. The van der Waals surface area contributed by atoms with Gasteiger partial charge in [-0.15, -0.1) is 0 Å². The third-order valence-electron chi connectivity index (χ3n) is 6.21. The van der Waals surface area contributed by atoms with Crippen LogP contribution in [0.3, 0.4) is 0 Å². The number of amides is 2. The van der Waals surface area contributed by atoms with Crippen LogP contribution in [0.2, 0.25) is 0 Å². The first-order chi connectivity index (χ1) is 15.5. The number of hydrogen-bond acceptors (Lipinski definition) is 4. The average Bonchev–Trinajstić information content (AvgIpc) is 3.21. The Bertz CT molecular complexity index is 1170. The number of nitrogens with one attached hydrogen (secondary N) is 2. The maximum absolute atomic E-state index is 12.0. The molecule has 0 saturated carbocycles. The highest BCUT2D eigenvalue weighted by Crippen LogP contribution is 2.36. The molecule has 2 N–H and O–H groups in total. The number of alkyl carbamates (subject to hydrolysis) is 2. The summed E-state index contributed by atoms with van der Waals surface area (Å²) in [5.74, 6) is 0. The van der Waals surface area contributed by atoms with Gasteiger partial charge in [0.1, 0.15) is 13.2 Å². The number of ether oxygens (including phenoxy) is 2. The topological polar surface area (TPSA) is 86.5 Å². The number of hydrogen-bond donors (Lipinski definition) is 2.